The number of alkyl halides is 1. The minimum absolute atomic E-state index is 0.447. The van der Waals surface area contributed by atoms with Gasteiger partial charge < -0.3 is 0 Å². The fourth-order valence-electron chi connectivity index (χ4n) is 0.384. The van der Waals surface area contributed by atoms with E-state index in [-0.39, 0.29) is 0 Å². The summed E-state index contributed by atoms with van der Waals surface area (Å²) < 4.78 is 20.7. The Morgan fingerprint density at radius 1 is 1.64 bits per heavy atom. The first-order valence-electron chi connectivity index (χ1n) is 3.09. The Balaban J connectivity index is 3.20. The van der Waals surface area contributed by atoms with Crippen molar-refractivity contribution in [2.24, 2.45) is 0 Å². The molecule has 0 N–H and O–H groups in total. The lowest BCUT2D eigenvalue weighted by atomic mass is 10.6. The lowest BCUT2D eigenvalue weighted by molar-refractivity contribution is 0.227. The van der Waals surface area contributed by atoms with E-state index >= 15 is 0 Å². The number of nitrogens with zero attached hydrogens (tertiary/aromatic N) is 1. The van der Waals surface area contributed by atoms with Crippen LogP contribution in [-0.4, -0.2) is 36.8 Å². The largest absolute Gasteiger partial charge is 0.697 e. The van der Waals surface area contributed by atoms with Crippen LogP contribution in [0.15, 0.2) is 0 Å². The minimum atomic E-state index is -1.89. The van der Waals surface area contributed by atoms with Crippen molar-refractivity contribution < 1.29 is 13.6 Å². The van der Waals surface area contributed by atoms with Crippen LogP contribution < -0.4 is 0 Å². The highest BCUT2D eigenvalue weighted by molar-refractivity contribution is 14.1. The SMILES string of the molecule is CO[P+](=O)OCCN(C)CI. The zero-order valence-corrected chi connectivity index (χ0v) is 9.67. The van der Waals surface area contributed by atoms with Crippen LogP contribution in [-0.2, 0) is 13.6 Å². The number of halogens is 1. The molecule has 0 radical (unpaired) electrons. The summed E-state index contributed by atoms with van der Waals surface area (Å²) in [5, 5.41) is 0. The Bertz CT molecular complexity index is 124. The normalized spacial score (nSPS) is 12.2. The molecule has 1 atom stereocenters. The van der Waals surface area contributed by atoms with Gasteiger partial charge in [0, 0.05) is 11.1 Å². The Kier molecular flexibility index (Phi) is 7.84. The van der Waals surface area contributed by atoms with E-state index < -0.39 is 8.25 Å². The molecule has 0 rings (SSSR count). The molecule has 66 valence electrons. The van der Waals surface area contributed by atoms with Crippen molar-refractivity contribution in [2.45, 2.75) is 0 Å². The van der Waals surface area contributed by atoms with Gasteiger partial charge in [0.1, 0.15) is 6.61 Å². The highest BCUT2D eigenvalue weighted by atomic mass is 127. The Hall–Kier alpha value is 0.710. The van der Waals surface area contributed by atoms with Crippen LogP contribution >= 0.6 is 30.8 Å². The molecule has 6 heteroatoms. The van der Waals surface area contributed by atoms with Gasteiger partial charge in [0.2, 0.25) is 0 Å². The molecule has 4 nitrogen and oxygen atoms in total. The van der Waals surface area contributed by atoms with E-state index in [1.54, 1.807) is 0 Å². The molecule has 0 aromatic heterocycles. The molecule has 1 unspecified atom stereocenters. The van der Waals surface area contributed by atoms with Gasteiger partial charge in [-0.2, -0.15) is 0 Å². The number of hydrogen-bond acceptors (Lipinski definition) is 4. The van der Waals surface area contributed by atoms with E-state index in [0.29, 0.717) is 6.61 Å². The topological polar surface area (TPSA) is 38.8 Å². The molecule has 0 spiro atoms. The maximum atomic E-state index is 10.6. The first-order valence-corrected chi connectivity index (χ1v) is 5.71. The summed E-state index contributed by atoms with van der Waals surface area (Å²) in [7, 11) is 1.44. The van der Waals surface area contributed by atoms with Gasteiger partial charge in [0.15, 0.2) is 0 Å². The first kappa shape index (κ1) is 11.7. The van der Waals surface area contributed by atoms with Crippen molar-refractivity contribution >= 4 is 30.8 Å². The first-order chi connectivity index (χ1) is 5.20. The fraction of sp³-hybridized carbons (Fsp3) is 1.00. The van der Waals surface area contributed by atoms with Crippen molar-refractivity contribution in [1.29, 1.82) is 0 Å². The highest BCUT2D eigenvalue weighted by Crippen LogP contribution is 2.20. The van der Waals surface area contributed by atoms with Gasteiger partial charge in [-0.05, 0) is 7.05 Å². The van der Waals surface area contributed by atoms with Crippen molar-refractivity contribution in [2.75, 3.05) is 31.9 Å². The second-order valence-electron chi connectivity index (χ2n) is 1.94. The maximum absolute atomic E-state index is 10.6. The summed E-state index contributed by atoms with van der Waals surface area (Å²) in [6.07, 6.45) is 0. The lowest BCUT2D eigenvalue weighted by Crippen LogP contribution is -2.20. The van der Waals surface area contributed by atoms with E-state index in [2.05, 4.69) is 32.0 Å². The zero-order chi connectivity index (χ0) is 8.69. The third-order valence-corrected chi connectivity index (χ3v) is 2.88. The lowest BCUT2D eigenvalue weighted by Gasteiger charge is -2.08. The molecule has 0 fully saturated rings. The molecule has 0 aliphatic rings. The average molecular weight is 292 g/mol. The predicted octanol–water partition coefficient (Wildman–Crippen LogP) is 1.63. The van der Waals surface area contributed by atoms with Crippen LogP contribution in [0.2, 0.25) is 0 Å². The van der Waals surface area contributed by atoms with Gasteiger partial charge >= 0.3 is 8.25 Å². The molecule has 0 aromatic carbocycles. The highest BCUT2D eigenvalue weighted by Gasteiger charge is 2.16. The van der Waals surface area contributed by atoms with Crippen LogP contribution in [0.4, 0.5) is 0 Å². The quantitative estimate of drug-likeness (QED) is 0.323. The Morgan fingerprint density at radius 3 is 2.73 bits per heavy atom. The van der Waals surface area contributed by atoms with Gasteiger partial charge in [0.25, 0.3) is 0 Å². The van der Waals surface area contributed by atoms with Gasteiger partial charge in [0.05, 0.1) is 11.7 Å². The monoisotopic (exact) mass is 292 g/mol. The number of rotatable bonds is 6. The second-order valence-corrected chi connectivity index (χ2v) is 3.69. The minimum Gasteiger partial charge on any atom is -0.295 e. The summed E-state index contributed by atoms with van der Waals surface area (Å²) in [6, 6.07) is 0. The van der Waals surface area contributed by atoms with E-state index in [0.717, 1.165) is 11.1 Å². The Labute approximate surface area is 81.3 Å². The van der Waals surface area contributed by atoms with E-state index in [9.17, 15) is 4.57 Å². The molecule has 0 aliphatic heterocycles. The van der Waals surface area contributed by atoms with E-state index in [1.807, 2.05) is 7.05 Å². The third-order valence-electron chi connectivity index (χ3n) is 1.02. The summed E-state index contributed by atoms with van der Waals surface area (Å²) >= 11 is 2.25. The van der Waals surface area contributed by atoms with Crippen LogP contribution in [0, 0.1) is 0 Å². The van der Waals surface area contributed by atoms with Gasteiger partial charge in [-0.25, -0.2) is 0 Å². The van der Waals surface area contributed by atoms with Crippen LogP contribution in [0.3, 0.4) is 0 Å². The van der Waals surface area contributed by atoms with Crippen molar-refractivity contribution in [1.82, 2.24) is 4.90 Å². The van der Waals surface area contributed by atoms with Crippen molar-refractivity contribution in [3.63, 3.8) is 0 Å². The van der Waals surface area contributed by atoms with Crippen molar-refractivity contribution in [3.05, 3.63) is 0 Å². The van der Waals surface area contributed by atoms with Crippen LogP contribution in [0.25, 0.3) is 0 Å². The summed E-state index contributed by atoms with van der Waals surface area (Å²) in [6.45, 7) is 1.22. The molecule has 0 saturated carbocycles. The van der Waals surface area contributed by atoms with E-state index in [4.69, 9.17) is 4.52 Å². The van der Waals surface area contributed by atoms with Crippen LogP contribution in [0.5, 0.6) is 0 Å². The summed E-state index contributed by atoms with van der Waals surface area (Å²) in [4.78, 5) is 2.05. The molecule has 0 bridgehead atoms. The van der Waals surface area contributed by atoms with Gasteiger partial charge in [-0.15, -0.1) is 9.05 Å². The molecule has 0 aliphatic carbocycles. The molecule has 0 amide bonds. The second kappa shape index (κ2) is 7.36. The molecule has 0 aromatic rings. The molecule has 11 heavy (non-hydrogen) atoms. The summed E-state index contributed by atoms with van der Waals surface area (Å²) in [5.74, 6) is 0. The van der Waals surface area contributed by atoms with Gasteiger partial charge in [-0.1, -0.05) is 22.6 Å². The summed E-state index contributed by atoms with van der Waals surface area (Å²) in [5.41, 5.74) is 0. The average Bonchev–Trinajstić information content (AvgIpc) is 2.04. The Morgan fingerprint density at radius 2 is 2.27 bits per heavy atom. The zero-order valence-electron chi connectivity index (χ0n) is 6.62. The molecular weight excluding hydrogens is 280 g/mol. The van der Waals surface area contributed by atoms with Gasteiger partial charge in [-0.3, -0.25) is 4.90 Å². The van der Waals surface area contributed by atoms with Crippen molar-refractivity contribution in [3.8, 4) is 0 Å². The smallest absolute Gasteiger partial charge is 0.295 e. The molecular formula is C5H12INO3P+. The van der Waals surface area contributed by atoms with E-state index in [1.165, 1.54) is 7.11 Å². The molecule has 0 heterocycles. The molecule has 0 saturated heterocycles. The number of likely N-dealkylation sites (N-methyl/N-ethyl adjacent to an activating group) is 1. The standard InChI is InChI=1S/C5H12INO3P/c1-7(5-6)3-4-10-11(8)9-2/h3-5H2,1-2H3/q+1. The number of hydrogen-bond donors (Lipinski definition) is 0. The third kappa shape index (κ3) is 7.08. The maximum Gasteiger partial charge on any atom is 0.697 e. The van der Waals surface area contributed by atoms with Crippen LogP contribution in [0.1, 0.15) is 0 Å². The fourth-order valence-corrected chi connectivity index (χ4v) is 1.06. The predicted molar refractivity (Wildman–Crippen MR) is 52.1 cm³/mol.